The van der Waals surface area contributed by atoms with E-state index in [1.165, 1.54) is 9.71 Å². The highest BCUT2D eigenvalue weighted by molar-refractivity contribution is 7.92. The lowest BCUT2D eigenvalue weighted by Gasteiger charge is -2.19. The summed E-state index contributed by atoms with van der Waals surface area (Å²) in [5.74, 6) is 1.20. The normalized spacial score (nSPS) is 17.2. The number of hydrogen-bond donors (Lipinski definition) is 0. The quantitative estimate of drug-likeness (QED) is 0.372. The number of nitrogens with zero attached hydrogens (tertiary/aromatic N) is 2. The monoisotopic (exact) mass is 460 g/mol. The Morgan fingerprint density at radius 1 is 1.06 bits per heavy atom. The molecule has 168 valence electrons. The van der Waals surface area contributed by atoms with Crippen molar-refractivity contribution in [2.75, 3.05) is 13.7 Å². The van der Waals surface area contributed by atoms with Crippen molar-refractivity contribution in [3.63, 3.8) is 0 Å². The van der Waals surface area contributed by atoms with Crippen LogP contribution in [0.2, 0.25) is 0 Å². The first-order chi connectivity index (χ1) is 16.0. The van der Waals surface area contributed by atoms with Crippen molar-refractivity contribution in [1.29, 1.82) is 0 Å². The van der Waals surface area contributed by atoms with Crippen LogP contribution < -0.4 is 4.74 Å². The molecule has 0 saturated carbocycles. The second kappa shape index (κ2) is 8.84. The fraction of sp³-hybridized carbons (Fsp3) is 0.192. The van der Waals surface area contributed by atoms with Gasteiger partial charge in [0.1, 0.15) is 17.3 Å². The molecule has 1 unspecified atom stereocenters. The highest BCUT2D eigenvalue weighted by Crippen LogP contribution is 2.37. The third-order valence-corrected chi connectivity index (χ3v) is 7.44. The standard InChI is InChI=1S/C26H24N2O4S/c1-31-24-12-6-5-10-21(24)20-13-14-25-22(18-20)27-26(32-25)23-11-7-16-28(23)33(29,30)17-15-19-8-3-2-4-9-19/h2-6,8-10,12-15,17-18,23H,7,11,16H2,1H3/b17-15+. The molecular formula is C26H24N2O4S. The van der Waals surface area contributed by atoms with E-state index in [0.717, 1.165) is 28.9 Å². The Kier molecular flexibility index (Phi) is 5.74. The largest absolute Gasteiger partial charge is 0.496 e. The van der Waals surface area contributed by atoms with Gasteiger partial charge in [0.25, 0.3) is 0 Å². The van der Waals surface area contributed by atoms with Gasteiger partial charge in [0.15, 0.2) is 5.58 Å². The minimum absolute atomic E-state index is 0.419. The third kappa shape index (κ3) is 4.29. The van der Waals surface area contributed by atoms with E-state index in [-0.39, 0.29) is 0 Å². The van der Waals surface area contributed by atoms with Crippen molar-refractivity contribution in [3.05, 3.63) is 89.7 Å². The van der Waals surface area contributed by atoms with Crippen LogP contribution in [0.4, 0.5) is 0 Å². The minimum Gasteiger partial charge on any atom is -0.496 e. The predicted octanol–water partition coefficient (Wildman–Crippen LogP) is 5.64. The number of oxazole rings is 1. The molecule has 3 aromatic carbocycles. The summed E-state index contributed by atoms with van der Waals surface area (Å²) in [5, 5.41) is 1.27. The van der Waals surface area contributed by atoms with Crippen LogP contribution in [0.25, 0.3) is 28.3 Å². The molecule has 5 rings (SSSR count). The Bertz CT molecular complexity index is 1410. The fourth-order valence-electron chi connectivity index (χ4n) is 4.24. The first-order valence-electron chi connectivity index (χ1n) is 10.8. The van der Waals surface area contributed by atoms with Crippen molar-refractivity contribution in [2.45, 2.75) is 18.9 Å². The maximum atomic E-state index is 13.1. The number of sulfonamides is 1. The second-order valence-corrected chi connectivity index (χ2v) is 9.73. The number of para-hydroxylation sites is 1. The van der Waals surface area contributed by atoms with Gasteiger partial charge in [0.05, 0.1) is 7.11 Å². The Balaban J connectivity index is 1.45. The number of fused-ring (bicyclic) bond motifs is 1. The number of rotatable bonds is 6. The van der Waals surface area contributed by atoms with Crippen molar-refractivity contribution in [2.24, 2.45) is 0 Å². The number of benzene rings is 3. The molecule has 0 radical (unpaired) electrons. The summed E-state index contributed by atoms with van der Waals surface area (Å²) in [4.78, 5) is 4.68. The van der Waals surface area contributed by atoms with Crippen LogP contribution in [0.1, 0.15) is 30.3 Å². The van der Waals surface area contributed by atoms with E-state index in [4.69, 9.17) is 9.15 Å². The summed E-state index contributed by atoms with van der Waals surface area (Å²) in [5.41, 5.74) is 4.08. The molecule has 1 aromatic heterocycles. The van der Waals surface area contributed by atoms with Crippen molar-refractivity contribution in [3.8, 4) is 16.9 Å². The summed E-state index contributed by atoms with van der Waals surface area (Å²) >= 11 is 0. The summed E-state index contributed by atoms with van der Waals surface area (Å²) in [6.45, 7) is 0.442. The molecule has 1 atom stereocenters. The molecule has 1 aliphatic rings. The summed E-state index contributed by atoms with van der Waals surface area (Å²) in [7, 11) is -1.97. The van der Waals surface area contributed by atoms with E-state index in [2.05, 4.69) is 4.98 Å². The molecule has 2 heterocycles. The van der Waals surface area contributed by atoms with Gasteiger partial charge < -0.3 is 9.15 Å². The van der Waals surface area contributed by atoms with Gasteiger partial charge in [0, 0.05) is 17.5 Å². The molecule has 0 N–H and O–H groups in total. The zero-order chi connectivity index (χ0) is 22.8. The molecule has 6 nitrogen and oxygen atoms in total. The van der Waals surface area contributed by atoms with E-state index in [0.29, 0.717) is 30.0 Å². The van der Waals surface area contributed by atoms with Gasteiger partial charge >= 0.3 is 0 Å². The average molecular weight is 461 g/mol. The summed E-state index contributed by atoms with van der Waals surface area (Å²) in [6.07, 6.45) is 3.05. The van der Waals surface area contributed by atoms with Gasteiger partial charge in [-0.3, -0.25) is 0 Å². The summed E-state index contributed by atoms with van der Waals surface area (Å²) < 4.78 is 39.1. The van der Waals surface area contributed by atoms with Crippen molar-refractivity contribution >= 4 is 27.2 Å². The van der Waals surface area contributed by atoms with Crippen molar-refractivity contribution in [1.82, 2.24) is 9.29 Å². The molecule has 1 saturated heterocycles. The van der Waals surface area contributed by atoms with Gasteiger partial charge in [-0.1, -0.05) is 54.6 Å². The molecule has 0 amide bonds. The first kappa shape index (κ1) is 21.4. The Morgan fingerprint density at radius 2 is 1.85 bits per heavy atom. The smallest absolute Gasteiger partial charge is 0.236 e. The van der Waals surface area contributed by atoms with Crippen LogP contribution in [0, 0.1) is 0 Å². The number of ether oxygens (including phenoxy) is 1. The molecule has 33 heavy (non-hydrogen) atoms. The number of aromatic nitrogens is 1. The SMILES string of the molecule is COc1ccccc1-c1ccc2oc(C3CCCN3S(=O)(=O)/C=C/c3ccccc3)nc2c1. The van der Waals surface area contributed by atoms with E-state index < -0.39 is 16.1 Å². The fourth-order valence-corrected chi connectivity index (χ4v) is 5.66. The predicted molar refractivity (Wildman–Crippen MR) is 129 cm³/mol. The summed E-state index contributed by atoms with van der Waals surface area (Å²) in [6, 6.07) is 22.5. The van der Waals surface area contributed by atoms with Gasteiger partial charge in [-0.15, -0.1) is 0 Å². The zero-order valence-corrected chi connectivity index (χ0v) is 19.0. The van der Waals surface area contributed by atoms with Crippen LogP contribution in [0.5, 0.6) is 5.75 Å². The zero-order valence-electron chi connectivity index (χ0n) is 18.2. The van der Waals surface area contributed by atoms with E-state index in [1.54, 1.807) is 13.2 Å². The van der Waals surface area contributed by atoms with E-state index >= 15 is 0 Å². The van der Waals surface area contributed by atoms with Crippen LogP contribution in [-0.2, 0) is 10.0 Å². The highest BCUT2D eigenvalue weighted by Gasteiger charge is 2.37. The minimum atomic E-state index is -3.62. The van der Waals surface area contributed by atoms with Crippen LogP contribution in [0.3, 0.4) is 0 Å². The molecule has 1 aliphatic heterocycles. The Morgan fingerprint density at radius 3 is 2.67 bits per heavy atom. The Labute approximate surface area is 193 Å². The lowest BCUT2D eigenvalue weighted by atomic mass is 10.0. The molecule has 0 spiro atoms. The van der Waals surface area contributed by atoms with Gasteiger partial charge in [-0.25, -0.2) is 13.4 Å². The Hall–Kier alpha value is -3.42. The molecule has 7 heteroatoms. The van der Waals surface area contributed by atoms with E-state index in [1.807, 2.05) is 72.8 Å². The lowest BCUT2D eigenvalue weighted by Crippen LogP contribution is -2.29. The molecule has 0 aliphatic carbocycles. The molecule has 1 fully saturated rings. The second-order valence-electron chi connectivity index (χ2n) is 7.96. The maximum absolute atomic E-state index is 13.1. The van der Waals surface area contributed by atoms with Crippen LogP contribution in [0.15, 0.2) is 82.6 Å². The maximum Gasteiger partial charge on any atom is 0.236 e. The van der Waals surface area contributed by atoms with Gasteiger partial charge in [0.2, 0.25) is 15.9 Å². The van der Waals surface area contributed by atoms with E-state index in [9.17, 15) is 8.42 Å². The number of methoxy groups -OCH3 is 1. The lowest BCUT2D eigenvalue weighted by molar-refractivity contribution is 0.340. The first-order valence-corrected chi connectivity index (χ1v) is 12.3. The topological polar surface area (TPSA) is 72.6 Å². The van der Waals surface area contributed by atoms with Crippen LogP contribution >= 0.6 is 0 Å². The highest BCUT2D eigenvalue weighted by atomic mass is 32.2. The molecular weight excluding hydrogens is 436 g/mol. The van der Waals surface area contributed by atoms with Gasteiger partial charge in [-0.05, 0) is 48.2 Å². The van der Waals surface area contributed by atoms with Crippen molar-refractivity contribution < 1.29 is 17.6 Å². The van der Waals surface area contributed by atoms with Gasteiger partial charge in [-0.2, -0.15) is 4.31 Å². The molecule has 0 bridgehead atoms. The third-order valence-electron chi connectivity index (χ3n) is 5.87. The molecule has 4 aromatic rings. The van der Waals surface area contributed by atoms with Crippen LogP contribution in [-0.4, -0.2) is 31.4 Å². The number of hydrogen-bond acceptors (Lipinski definition) is 5. The average Bonchev–Trinajstić information content (AvgIpc) is 3.50.